The summed E-state index contributed by atoms with van der Waals surface area (Å²) in [7, 11) is 1.16. The van der Waals surface area contributed by atoms with E-state index in [2.05, 4.69) is 10.6 Å². The monoisotopic (exact) mass is 381 g/mol. The molecule has 1 saturated carbocycles. The molecule has 0 radical (unpaired) electrons. The van der Waals surface area contributed by atoms with E-state index in [4.69, 9.17) is 0 Å². The first kappa shape index (κ1) is 19.9. The van der Waals surface area contributed by atoms with Gasteiger partial charge in [-0.05, 0) is 25.7 Å². The molecule has 2 rings (SSSR count). The Morgan fingerprint density at radius 2 is 1.77 bits per heavy atom. The summed E-state index contributed by atoms with van der Waals surface area (Å²) in [5.74, 6) is -5.71. The third-order valence-electron chi connectivity index (χ3n) is 4.40. The minimum Gasteiger partial charge on any atom is -0.380 e. The van der Waals surface area contributed by atoms with Crippen molar-refractivity contribution in [1.29, 1.82) is 0 Å². The Labute approximate surface area is 144 Å². The van der Waals surface area contributed by atoms with Crippen LogP contribution in [0.4, 0.5) is 33.3 Å². The summed E-state index contributed by atoms with van der Waals surface area (Å²) in [4.78, 5) is 22.2. The van der Waals surface area contributed by atoms with Crippen molar-refractivity contribution in [3.05, 3.63) is 33.4 Å². The Balaban J connectivity index is 2.17. The van der Waals surface area contributed by atoms with Gasteiger partial charge >= 0.3 is 6.18 Å². The number of carbonyl (C=O) groups is 1. The zero-order valence-corrected chi connectivity index (χ0v) is 13.6. The van der Waals surface area contributed by atoms with Gasteiger partial charge in [-0.25, -0.2) is 8.78 Å². The van der Waals surface area contributed by atoms with Crippen LogP contribution in [-0.2, 0) is 0 Å². The van der Waals surface area contributed by atoms with Crippen LogP contribution < -0.4 is 10.6 Å². The van der Waals surface area contributed by atoms with Gasteiger partial charge in [0.2, 0.25) is 0 Å². The van der Waals surface area contributed by atoms with Gasteiger partial charge in [0.05, 0.1) is 16.4 Å². The van der Waals surface area contributed by atoms with Gasteiger partial charge in [-0.15, -0.1) is 0 Å². The molecule has 1 aliphatic rings. The number of benzene rings is 1. The molecule has 0 aliphatic heterocycles. The third kappa shape index (κ3) is 4.02. The van der Waals surface area contributed by atoms with Crippen molar-refractivity contribution >= 4 is 17.3 Å². The molecule has 6 nitrogen and oxygen atoms in total. The average Bonchev–Trinajstić information content (AvgIpc) is 2.56. The molecular weight excluding hydrogens is 365 g/mol. The maximum atomic E-state index is 14.1. The van der Waals surface area contributed by atoms with Gasteiger partial charge in [0.1, 0.15) is 0 Å². The molecule has 0 unspecified atom stereocenters. The number of rotatable bonds is 4. The Morgan fingerprint density at radius 3 is 2.23 bits per heavy atom. The Hall–Kier alpha value is -2.46. The van der Waals surface area contributed by atoms with E-state index in [1.54, 1.807) is 0 Å². The Kier molecular flexibility index (Phi) is 5.67. The zero-order chi connectivity index (χ0) is 19.6. The summed E-state index contributed by atoms with van der Waals surface area (Å²) < 4.78 is 65.9. The van der Waals surface area contributed by atoms with Crippen LogP contribution in [0.15, 0.2) is 6.07 Å². The number of hydrogen-bond acceptors (Lipinski definition) is 4. The molecule has 1 aromatic rings. The predicted octanol–water partition coefficient (Wildman–Crippen LogP) is 3.77. The number of nitro benzene ring substituents is 1. The van der Waals surface area contributed by atoms with E-state index in [0.29, 0.717) is 6.07 Å². The highest BCUT2D eigenvalue weighted by atomic mass is 19.4. The highest BCUT2D eigenvalue weighted by Crippen LogP contribution is 2.37. The van der Waals surface area contributed by atoms with Gasteiger partial charge in [0.15, 0.2) is 17.3 Å². The maximum Gasteiger partial charge on any atom is 0.391 e. The van der Waals surface area contributed by atoms with Gasteiger partial charge in [-0.3, -0.25) is 14.9 Å². The second kappa shape index (κ2) is 7.42. The molecule has 0 heterocycles. The summed E-state index contributed by atoms with van der Waals surface area (Å²) in [5, 5.41) is 15.5. The normalized spacial score (nSPS) is 20.5. The first-order valence-electron chi connectivity index (χ1n) is 7.78. The van der Waals surface area contributed by atoms with Crippen LogP contribution in [0.2, 0.25) is 0 Å². The number of amides is 1. The molecule has 1 aromatic carbocycles. The number of nitrogens with zero attached hydrogens (tertiary/aromatic N) is 1. The zero-order valence-electron chi connectivity index (χ0n) is 13.6. The van der Waals surface area contributed by atoms with Gasteiger partial charge in [-0.1, -0.05) is 0 Å². The van der Waals surface area contributed by atoms with E-state index in [0.717, 1.165) is 7.05 Å². The smallest absolute Gasteiger partial charge is 0.380 e. The van der Waals surface area contributed by atoms with Crippen LogP contribution in [0.5, 0.6) is 0 Å². The lowest BCUT2D eigenvalue weighted by molar-refractivity contribution is -0.384. The number of alkyl halides is 3. The molecule has 2 N–H and O–H groups in total. The molecule has 0 aromatic heterocycles. The lowest BCUT2D eigenvalue weighted by atomic mass is 9.85. The quantitative estimate of drug-likeness (QED) is 0.473. The third-order valence-corrected chi connectivity index (χ3v) is 4.40. The summed E-state index contributed by atoms with van der Waals surface area (Å²) in [5.41, 5.74) is -2.39. The van der Waals surface area contributed by atoms with E-state index in [1.165, 1.54) is 0 Å². The van der Waals surface area contributed by atoms with Crippen LogP contribution >= 0.6 is 0 Å². The van der Waals surface area contributed by atoms with Crippen LogP contribution in [0, 0.1) is 27.7 Å². The van der Waals surface area contributed by atoms with Crippen LogP contribution in [0.1, 0.15) is 36.0 Å². The average molecular weight is 381 g/mol. The molecule has 0 bridgehead atoms. The highest BCUT2D eigenvalue weighted by molar-refractivity contribution is 5.96. The lowest BCUT2D eigenvalue weighted by Gasteiger charge is -2.30. The number of hydrogen-bond donors (Lipinski definition) is 2. The summed E-state index contributed by atoms with van der Waals surface area (Å²) in [6.45, 7) is 0. The number of carbonyl (C=O) groups excluding carboxylic acids is 1. The highest BCUT2D eigenvalue weighted by Gasteiger charge is 2.41. The molecule has 0 atom stereocenters. The number of anilines is 1. The minimum atomic E-state index is -4.31. The Morgan fingerprint density at radius 1 is 1.19 bits per heavy atom. The summed E-state index contributed by atoms with van der Waals surface area (Å²) in [6, 6.07) is -0.0485. The fourth-order valence-electron chi connectivity index (χ4n) is 2.99. The predicted molar refractivity (Wildman–Crippen MR) is 81.8 cm³/mol. The van der Waals surface area contributed by atoms with E-state index in [9.17, 15) is 36.9 Å². The second-order valence-electron chi connectivity index (χ2n) is 6.02. The Bertz CT molecular complexity index is 715. The number of halogens is 5. The molecule has 0 saturated heterocycles. The van der Waals surface area contributed by atoms with Gasteiger partial charge in [-0.2, -0.15) is 13.2 Å². The first-order chi connectivity index (χ1) is 12.1. The van der Waals surface area contributed by atoms with E-state index >= 15 is 0 Å². The van der Waals surface area contributed by atoms with Gasteiger partial charge < -0.3 is 10.6 Å². The van der Waals surface area contributed by atoms with Crippen molar-refractivity contribution in [3.63, 3.8) is 0 Å². The van der Waals surface area contributed by atoms with Crippen LogP contribution in [0.25, 0.3) is 0 Å². The SMILES string of the molecule is CNc1c([N+](=O)[O-])cc(C(=O)NC2CCC(C(F)(F)F)CC2)c(F)c1F. The summed E-state index contributed by atoms with van der Waals surface area (Å²) >= 11 is 0. The van der Waals surface area contributed by atoms with Crippen molar-refractivity contribution < 1.29 is 31.7 Å². The molecule has 26 heavy (non-hydrogen) atoms. The van der Waals surface area contributed by atoms with Crippen LogP contribution in [-0.4, -0.2) is 30.1 Å². The maximum absolute atomic E-state index is 14.1. The fraction of sp³-hybridized carbons (Fsp3) is 0.533. The van der Waals surface area contributed by atoms with Gasteiger partial charge in [0.25, 0.3) is 11.6 Å². The lowest BCUT2D eigenvalue weighted by Crippen LogP contribution is -2.40. The molecule has 0 spiro atoms. The molecule has 1 aliphatic carbocycles. The van der Waals surface area contributed by atoms with Crippen molar-refractivity contribution in [2.75, 3.05) is 12.4 Å². The molecule has 1 amide bonds. The fourth-order valence-corrected chi connectivity index (χ4v) is 2.99. The molecule has 1 fully saturated rings. The molecular formula is C15H16F5N3O3. The number of nitro groups is 1. The van der Waals surface area contributed by atoms with Crippen molar-refractivity contribution in [2.45, 2.75) is 37.9 Å². The second-order valence-corrected chi connectivity index (χ2v) is 6.02. The summed E-state index contributed by atoms with van der Waals surface area (Å²) in [6.07, 6.45) is -4.64. The van der Waals surface area contributed by atoms with Crippen LogP contribution in [0.3, 0.4) is 0 Å². The topological polar surface area (TPSA) is 84.3 Å². The van der Waals surface area contributed by atoms with Crippen molar-refractivity contribution in [3.8, 4) is 0 Å². The van der Waals surface area contributed by atoms with E-state index in [-0.39, 0.29) is 25.7 Å². The van der Waals surface area contributed by atoms with Crippen molar-refractivity contribution in [2.24, 2.45) is 5.92 Å². The molecule has 11 heteroatoms. The first-order valence-corrected chi connectivity index (χ1v) is 7.78. The standard InChI is InChI=1S/C15H16F5N3O3/c1-21-13-10(23(25)26)6-9(11(16)12(13)17)14(24)22-8-4-2-7(3-5-8)15(18,19)20/h6-8,21H,2-5H2,1H3,(H,22,24). The minimum absolute atomic E-state index is 0.0245. The molecule has 144 valence electrons. The largest absolute Gasteiger partial charge is 0.391 e. The van der Waals surface area contributed by atoms with E-state index < -0.39 is 57.5 Å². The van der Waals surface area contributed by atoms with Gasteiger partial charge in [0, 0.05) is 19.2 Å². The van der Waals surface area contributed by atoms with Crippen molar-refractivity contribution in [1.82, 2.24) is 5.32 Å². The van der Waals surface area contributed by atoms with E-state index in [1.807, 2.05) is 0 Å². The number of nitrogens with one attached hydrogen (secondary N) is 2.